The van der Waals surface area contributed by atoms with Gasteiger partial charge in [-0.3, -0.25) is 0 Å². The number of hydrogen-bond donors (Lipinski definition) is 2. The van der Waals surface area contributed by atoms with Crippen molar-refractivity contribution < 1.29 is 27.5 Å². The quantitative estimate of drug-likeness (QED) is 0.645. The molecule has 31 heavy (non-hydrogen) atoms. The lowest BCUT2D eigenvalue weighted by atomic mass is 9.93. The van der Waals surface area contributed by atoms with E-state index in [4.69, 9.17) is 9.94 Å². The number of piperidine rings is 1. The van der Waals surface area contributed by atoms with Crippen LogP contribution in [0.5, 0.6) is 0 Å². The number of likely N-dealkylation sites (tertiary alicyclic amines) is 1. The number of allylic oxidation sites excluding steroid dienone is 3. The van der Waals surface area contributed by atoms with Gasteiger partial charge in [0.15, 0.2) is 9.84 Å². The number of benzene rings is 1. The smallest absolute Gasteiger partial charge is 0.407 e. The highest BCUT2D eigenvalue weighted by atomic mass is 32.2. The average Bonchev–Trinajstić information content (AvgIpc) is 2.73. The summed E-state index contributed by atoms with van der Waals surface area (Å²) in [6.45, 7) is 3.24. The van der Waals surface area contributed by atoms with Crippen molar-refractivity contribution in [2.24, 2.45) is 5.92 Å². The minimum absolute atomic E-state index is 0.0578. The van der Waals surface area contributed by atoms with Crippen LogP contribution in [0.3, 0.4) is 0 Å². The highest BCUT2D eigenvalue weighted by Gasteiger charge is 2.23. The predicted octanol–water partition coefficient (Wildman–Crippen LogP) is 3.41. The van der Waals surface area contributed by atoms with Crippen LogP contribution in [0.1, 0.15) is 25.3 Å². The third-order valence-electron chi connectivity index (χ3n) is 5.65. The maximum Gasteiger partial charge on any atom is 0.407 e. The number of nitrogens with one attached hydrogen (secondary N) is 1. The molecule has 9 heteroatoms. The second-order valence-electron chi connectivity index (χ2n) is 7.86. The molecule has 1 aliphatic carbocycles. The number of hydroxylamine groups is 1. The molecule has 0 spiro atoms. The fourth-order valence-corrected chi connectivity index (χ4v) is 4.37. The number of hydrogen-bond acceptors (Lipinski definition) is 5. The van der Waals surface area contributed by atoms with Crippen molar-refractivity contribution >= 4 is 21.5 Å². The van der Waals surface area contributed by atoms with Crippen molar-refractivity contribution in [2.45, 2.75) is 30.7 Å². The second-order valence-corrected chi connectivity index (χ2v) is 9.87. The van der Waals surface area contributed by atoms with E-state index in [1.165, 1.54) is 17.0 Å². The second kappa shape index (κ2) is 9.76. The van der Waals surface area contributed by atoms with Crippen LogP contribution < -0.4 is 5.48 Å². The number of carboxylic acid groups (broad SMARTS) is 1. The SMILES string of the molecule is CC(=C1C=CC=CC1NOCC1CCN(C(=O)O)CC1)c1ccc(S(C)(=O)=O)cc1F. The summed E-state index contributed by atoms with van der Waals surface area (Å²) in [6, 6.07) is 3.63. The summed E-state index contributed by atoms with van der Waals surface area (Å²) in [5.41, 5.74) is 4.83. The van der Waals surface area contributed by atoms with Gasteiger partial charge < -0.3 is 14.8 Å². The molecule has 0 bridgehead atoms. The molecule has 0 radical (unpaired) electrons. The first kappa shape index (κ1) is 23.2. The summed E-state index contributed by atoms with van der Waals surface area (Å²) in [7, 11) is -3.48. The van der Waals surface area contributed by atoms with Gasteiger partial charge in [0.1, 0.15) is 5.82 Å². The van der Waals surface area contributed by atoms with Crippen LogP contribution in [0.15, 0.2) is 53.0 Å². The molecule has 3 rings (SSSR count). The fourth-order valence-electron chi connectivity index (χ4n) is 3.74. The van der Waals surface area contributed by atoms with Gasteiger partial charge in [-0.2, -0.15) is 5.48 Å². The fraction of sp³-hybridized carbons (Fsp3) is 0.409. The summed E-state index contributed by atoms with van der Waals surface area (Å²) < 4.78 is 38.0. The first-order valence-electron chi connectivity index (χ1n) is 10.1. The van der Waals surface area contributed by atoms with Crippen LogP contribution in [0.2, 0.25) is 0 Å². The van der Waals surface area contributed by atoms with Crippen LogP contribution in [0, 0.1) is 11.7 Å². The zero-order chi connectivity index (χ0) is 22.6. The maximum atomic E-state index is 14.7. The lowest BCUT2D eigenvalue weighted by Gasteiger charge is -2.30. The molecule has 2 N–H and O–H groups in total. The minimum atomic E-state index is -3.48. The zero-order valence-corrected chi connectivity index (χ0v) is 18.4. The van der Waals surface area contributed by atoms with Crippen molar-refractivity contribution in [3.63, 3.8) is 0 Å². The number of nitrogens with zero attached hydrogens (tertiary/aromatic N) is 1. The largest absolute Gasteiger partial charge is 0.465 e. The van der Waals surface area contributed by atoms with Crippen molar-refractivity contribution in [2.75, 3.05) is 26.0 Å². The summed E-state index contributed by atoms with van der Waals surface area (Å²) in [5, 5.41) is 9.03. The van der Waals surface area contributed by atoms with Gasteiger partial charge in [-0.25, -0.2) is 17.6 Å². The van der Waals surface area contributed by atoms with E-state index >= 15 is 0 Å². The van der Waals surface area contributed by atoms with E-state index in [1.54, 1.807) is 6.92 Å². The highest BCUT2D eigenvalue weighted by Crippen LogP contribution is 2.28. The van der Waals surface area contributed by atoms with Crippen LogP contribution in [0.4, 0.5) is 9.18 Å². The molecule has 1 unspecified atom stereocenters. The molecule has 168 valence electrons. The lowest BCUT2D eigenvalue weighted by Crippen LogP contribution is -2.39. The Morgan fingerprint density at radius 3 is 2.61 bits per heavy atom. The Bertz CT molecular complexity index is 1020. The van der Waals surface area contributed by atoms with Gasteiger partial charge >= 0.3 is 6.09 Å². The number of sulfone groups is 1. The van der Waals surface area contributed by atoms with Crippen LogP contribution >= 0.6 is 0 Å². The standard InChI is InChI=1S/C22H27FN2O5S/c1-15(18-8-7-17(13-20(18)23)31(2,28)29)19-5-3-4-6-21(19)24-30-14-16-9-11-25(12-10-16)22(26)27/h3-8,13,16,21,24H,9-12,14H2,1-2H3,(H,26,27). The molecular weight excluding hydrogens is 423 g/mol. The average molecular weight is 451 g/mol. The molecule has 1 atom stereocenters. The van der Waals surface area contributed by atoms with Crippen molar-refractivity contribution in [1.29, 1.82) is 0 Å². The molecule has 0 saturated carbocycles. The van der Waals surface area contributed by atoms with E-state index in [0.29, 0.717) is 30.8 Å². The van der Waals surface area contributed by atoms with E-state index in [9.17, 15) is 17.6 Å². The highest BCUT2D eigenvalue weighted by molar-refractivity contribution is 7.90. The summed E-state index contributed by atoms with van der Waals surface area (Å²) in [5.74, 6) is -0.332. The zero-order valence-electron chi connectivity index (χ0n) is 17.5. The van der Waals surface area contributed by atoms with E-state index in [-0.39, 0.29) is 16.9 Å². The summed E-state index contributed by atoms with van der Waals surface area (Å²) >= 11 is 0. The summed E-state index contributed by atoms with van der Waals surface area (Å²) in [4.78, 5) is 18.1. The van der Waals surface area contributed by atoms with Crippen LogP contribution in [0.25, 0.3) is 5.57 Å². The molecule has 1 aromatic carbocycles. The molecule has 1 amide bonds. The molecular formula is C22H27FN2O5S. The van der Waals surface area contributed by atoms with Crippen molar-refractivity contribution in [1.82, 2.24) is 10.4 Å². The lowest BCUT2D eigenvalue weighted by molar-refractivity contribution is -0.00285. The van der Waals surface area contributed by atoms with Crippen LogP contribution in [-0.2, 0) is 14.7 Å². The Labute approximate surface area is 181 Å². The molecule has 1 saturated heterocycles. The molecule has 1 heterocycles. The molecule has 1 aromatic rings. The topological polar surface area (TPSA) is 95.9 Å². The Kier molecular flexibility index (Phi) is 7.30. The monoisotopic (exact) mass is 450 g/mol. The van der Waals surface area contributed by atoms with E-state index < -0.39 is 21.7 Å². The Hall–Kier alpha value is -2.49. The Morgan fingerprint density at radius 1 is 1.29 bits per heavy atom. The van der Waals surface area contributed by atoms with E-state index in [1.807, 2.05) is 24.3 Å². The Balaban J connectivity index is 1.67. The number of rotatable bonds is 6. The minimum Gasteiger partial charge on any atom is -0.465 e. The van der Waals surface area contributed by atoms with Gasteiger partial charge in [-0.15, -0.1) is 0 Å². The van der Waals surface area contributed by atoms with E-state index in [2.05, 4.69) is 5.48 Å². The summed E-state index contributed by atoms with van der Waals surface area (Å²) in [6.07, 6.45) is 9.12. The predicted molar refractivity (Wildman–Crippen MR) is 116 cm³/mol. The van der Waals surface area contributed by atoms with Crippen molar-refractivity contribution in [3.05, 3.63) is 59.5 Å². The normalized spacial score (nSPS) is 21.4. The van der Waals surface area contributed by atoms with Crippen molar-refractivity contribution in [3.8, 4) is 0 Å². The van der Waals surface area contributed by atoms with Gasteiger partial charge in [0, 0.05) is 24.9 Å². The number of amides is 1. The molecule has 7 nitrogen and oxygen atoms in total. The molecule has 0 aromatic heterocycles. The third kappa shape index (κ3) is 5.81. The maximum absolute atomic E-state index is 14.7. The van der Waals surface area contributed by atoms with Gasteiger partial charge in [0.05, 0.1) is 17.5 Å². The number of carbonyl (C=O) groups is 1. The molecule has 2 aliphatic rings. The third-order valence-corrected chi connectivity index (χ3v) is 6.76. The first-order valence-corrected chi connectivity index (χ1v) is 12.0. The Morgan fingerprint density at radius 2 is 2.00 bits per heavy atom. The molecule has 1 fully saturated rings. The van der Waals surface area contributed by atoms with Gasteiger partial charge in [0.25, 0.3) is 0 Å². The van der Waals surface area contributed by atoms with E-state index in [0.717, 1.165) is 30.7 Å². The van der Waals surface area contributed by atoms with Crippen LogP contribution in [-0.4, -0.2) is 56.5 Å². The molecule has 1 aliphatic heterocycles. The number of halogens is 1. The van der Waals surface area contributed by atoms with Gasteiger partial charge in [-0.1, -0.05) is 30.4 Å². The van der Waals surface area contributed by atoms with Gasteiger partial charge in [-0.05, 0) is 49.0 Å². The van der Waals surface area contributed by atoms with Gasteiger partial charge in [0.2, 0.25) is 0 Å². The first-order chi connectivity index (χ1) is 14.7.